The van der Waals surface area contributed by atoms with Crippen LogP contribution in [0.4, 0.5) is 5.69 Å². The summed E-state index contributed by atoms with van der Waals surface area (Å²) in [6, 6.07) is 4.36. The van der Waals surface area contributed by atoms with Crippen LogP contribution in [0.15, 0.2) is 23.1 Å². The maximum Gasteiger partial charge on any atom is 0.283 e. The van der Waals surface area contributed by atoms with Crippen LogP contribution in [0.1, 0.15) is 24.2 Å². The Hall–Kier alpha value is -1.60. The van der Waals surface area contributed by atoms with Gasteiger partial charge < -0.3 is 10.0 Å². The number of benzene rings is 1. The second-order valence-electron chi connectivity index (χ2n) is 4.46. The van der Waals surface area contributed by atoms with Crippen molar-refractivity contribution in [3.8, 4) is 0 Å². The summed E-state index contributed by atoms with van der Waals surface area (Å²) in [5, 5.41) is 20.0. The van der Waals surface area contributed by atoms with E-state index in [9.17, 15) is 14.9 Å². The number of thioether (sulfide) groups is 1. The zero-order chi connectivity index (χ0) is 15.3. The van der Waals surface area contributed by atoms with E-state index in [1.807, 2.05) is 13.8 Å². The number of hydrogen-bond acceptors (Lipinski definition) is 5. The van der Waals surface area contributed by atoms with Gasteiger partial charge >= 0.3 is 0 Å². The minimum absolute atomic E-state index is 0.0731. The molecule has 0 heterocycles. The largest absolute Gasteiger partial charge is 0.395 e. The number of amides is 1. The van der Waals surface area contributed by atoms with E-state index in [1.165, 1.54) is 22.7 Å². The molecule has 0 aliphatic carbocycles. The van der Waals surface area contributed by atoms with Crippen LogP contribution < -0.4 is 0 Å². The highest BCUT2D eigenvalue weighted by atomic mass is 32.2. The molecule has 1 amide bonds. The summed E-state index contributed by atoms with van der Waals surface area (Å²) >= 11 is 1.26. The first kappa shape index (κ1) is 16.5. The van der Waals surface area contributed by atoms with Crippen LogP contribution in [0.2, 0.25) is 0 Å². The second kappa shape index (κ2) is 7.25. The van der Waals surface area contributed by atoms with E-state index in [-0.39, 0.29) is 36.4 Å². The zero-order valence-corrected chi connectivity index (χ0v) is 12.5. The van der Waals surface area contributed by atoms with Crippen molar-refractivity contribution in [2.24, 2.45) is 0 Å². The molecule has 1 aromatic rings. The summed E-state index contributed by atoms with van der Waals surface area (Å²) in [6.45, 7) is 3.72. The third-order valence-corrected chi connectivity index (χ3v) is 3.63. The molecule has 0 aliphatic rings. The number of carbonyl (C=O) groups is 1. The number of nitro benzene ring substituents is 1. The first-order valence-electron chi connectivity index (χ1n) is 6.16. The molecule has 0 aliphatic heterocycles. The number of hydrogen-bond donors (Lipinski definition) is 1. The first-order chi connectivity index (χ1) is 9.42. The van der Waals surface area contributed by atoms with E-state index in [2.05, 4.69) is 0 Å². The van der Waals surface area contributed by atoms with Gasteiger partial charge in [0.2, 0.25) is 0 Å². The van der Waals surface area contributed by atoms with Crippen molar-refractivity contribution in [3.05, 3.63) is 33.9 Å². The second-order valence-corrected chi connectivity index (χ2v) is 5.31. The minimum atomic E-state index is -0.492. The summed E-state index contributed by atoms with van der Waals surface area (Å²) in [6.07, 6.45) is 1.75. The van der Waals surface area contributed by atoms with Crippen LogP contribution in [0.5, 0.6) is 0 Å². The maximum atomic E-state index is 12.3. The number of aliphatic hydroxyl groups is 1. The molecule has 0 saturated carbocycles. The lowest BCUT2D eigenvalue weighted by atomic mass is 10.1. The van der Waals surface area contributed by atoms with Gasteiger partial charge in [0.1, 0.15) is 0 Å². The van der Waals surface area contributed by atoms with Gasteiger partial charge in [-0.3, -0.25) is 14.9 Å². The van der Waals surface area contributed by atoms with Gasteiger partial charge in [0.25, 0.3) is 11.6 Å². The summed E-state index contributed by atoms with van der Waals surface area (Å²) < 4.78 is 0. The predicted molar refractivity (Wildman–Crippen MR) is 78.1 cm³/mol. The molecule has 1 rings (SSSR count). The van der Waals surface area contributed by atoms with E-state index >= 15 is 0 Å². The molecule has 0 bridgehead atoms. The van der Waals surface area contributed by atoms with Crippen molar-refractivity contribution in [2.45, 2.75) is 24.8 Å². The van der Waals surface area contributed by atoms with Crippen molar-refractivity contribution in [1.29, 1.82) is 0 Å². The summed E-state index contributed by atoms with van der Waals surface area (Å²) in [7, 11) is 0. The van der Waals surface area contributed by atoms with Gasteiger partial charge in [-0.1, -0.05) is 0 Å². The van der Waals surface area contributed by atoms with E-state index < -0.39 is 4.92 Å². The summed E-state index contributed by atoms with van der Waals surface area (Å²) in [4.78, 5) is 24.9. The van der Waals surface area contributed by atoms with Crippen LogP contribution in [0.3, 0.4) is 0 Å². The fourth-order valence-corrected chi connectivity index (χ4v) is 2.38. The molecule has 0 atom stereocenters. The number of nitro groups is 1. The molecule has 0 fully saturated rings. The van der Waals surface area contributed by atoms with Gasteiger partial charge in [-0.15, -0.1) is 11.8 Å². The lowest BCUT2D eigenvalue weighted by molar-refractivity contribution is -0.387. The standard InChI is InChI=1S/C13H18N2O4S/c1-9(2)14(6-7-16)13(17)10-4-5-12(20-3)11(8-10)15(18)19/h4-5,8-9,16H,6-7H2,1-3H3. The Morgan fingerprint density at radius 2 is 2.15 bits per heavy atom. The number of aliphatic hydroxyl groups excluding tert-OH is 1. The van der Waals surface area contributed by atoms with E-state index in [4.69, 9.17) is 5.11 Å². The normalized spacial score (nSPS) is 10.7. The molecule has 6 nitrogen and oxygen atoms in total. The molecule has 0 saturated heterocycles. The summed E-state index contributed by atoms with van der Waals surface area (Å²) in [5.74, 6) is -0.315. The molecule has 7 heteroatoms. The highest BCUT2D eigenvalue weighted by Crippen LogP contribution is 2.28. The van der Waals surface area contributed by atoms with Gasteiger partial charge in [0.15, 0.2) is 0 Å². The molecule has 0 unspecified atom stereocenters. The Morgan fingerprint density at radius 1 is 1.50 bits per heavy atom. The van der Waals surface area contributed by atoms with Gasteiger partial charge in [-0.2, -0.15) is 0 Å². The molecule has 110 valence electrons. The van der Waals surface area contributed by atoms with Crippen LogP contribution >= 0.6 is 11.8 Å². The number of carbonyl (C=O) groups excluding carboxylic acids is 1. The highest BCUT2D eigenvalue weighted by molar-refractivity contribution is 7.98. The van der Waals surface area contributed by atoms with Crippen molar-refractivity contribution >= 4 is 23.4 Å². The lowest BCUT2D eigenvalue weighted by Gasteiger charge is -2.26. The molecule has 0 aromatic heterocycles. The monoisotopic (exact) mass is 298 g/mol. The van der Waals surface area contributed by atoms with Crippen molar-refractivity contribution < 1.29 is 14.8 Å². The Kier molecular flexibility index (Phi) is 5.97. The topological polar surface area (TPSA) is 83.7 Å². The van der Waals surface area contributed by atoms with Crippen molar-refractivity contribution in [3.63, 3.8) is 0 Å². The van der Waals surface area contributed by atoms with Crippen LogP contribution in [-0.4, -0.2) is 46.3 Å². The fourth-order valence-electron chi connectivity index (χ4n) is 1.83. The molecule has 0 radical (unpaired) electrons. The van der Waals surface area contributed by atoms with Crippen LogP contribution in [0.25, 0.3) is 0 Å². The molecular weight excluding hydrogens is 280 g/mol. The molecule has 1 N–H and O–H groups in total. The predicted octanol–water partition coefficient (Wildman–Crippen LogP) is 2.16. The van der Waals surface area contributed by atoms with Crippen LogP contribution in [0, 0.1) is 10.1 Å². The zero-order valence-electron chi connectivity index (χ0n) is 11.7. The number of nitrogens with zero attached hydrogens (tertiary/aromatic N) is 2. The lowest BCUT2D eigenvalue weighted by Crippen LogP contribution is -2.39. The molecule has 1 aromatic carbocycles. The van der Waals surface area contributed by atoms with E-state index in [0.29, 0.717) is 4.90 Å². The summed E-state index contributed by atoms with van der Waals surface area (Å²) in [5.41, 5.74) is 0.188. The first-order valence-corrected chi connectivity index (χ1v) is 7.39. The van der Waals surface area contributed by atoms with Gasteiger partial charge in [0, 0.05) is 24.2 Å². The Labute approximate surface area is 121 Å². The smallest absolute Gasteiger partial charge is 0.283 e. The van der Waals surface area contributed by atoms with Gasteiger partial charge in [-0.05, 0) is 32.2 Å². The van der Waals surface area contributed by atoms with Crippen LogP contribution in [-0.2, 0) is 0 Å². The van der Waals surface area contributed by atoms with E-state index in [0.717, 1.165) is 0 Å². The third kappa shape index (κ3) is 3.71. The van der Waals surface area contributed by atoms with Gasteiger partial charge in [-0.25, -0.2) is 0 Å². The SMILES string of the molecule is CSc1ccc(C(=O)N(CCO)C(C)C)cc1[N+](=O)[O-]. The average molecular weight is 298 g/mol. The molecule has 20 heavy (non-hydrogen) atoms. The average Bonchev–Trinajstić information content (AvgIpc) is 2.42. The highest BCUT2D eigenvalue weighted by Gasteiger charge is 2.22. The van der Waals surface area contributed by atoms with Crippen molar-refractivity contribution in [1.82, 2.24) is 4.90 Å². The quantitative estimate of drug-likeness (QED) is 0.494. The Morgan fingerprint density at radius 3 is 2.60 bits per heavy atom. The maximum absolute atomic E-state index is 12.3. The van der Waals surface area contributed by atoms with E-state index in [1.54, 1.807) is 18.4 Å². The molecule has 0 spiro atoms. The minimum Gasteiger partial charge on any atom is -0.395 e. The van der Waals surface area contributed by atoms with Crippen molar-refractivity contribution in [2.75, 3.05) is 19.4 Å². The van der Waals surface area contributed by atoms with Gasteiger partial charge in [0.05, 0.1) is 16.4 Å². The third-order valence-electron chi connectivity index (χ3n) is 2.85. The Bertz CT molecular complexity index is 505. The number of rotatable bonds is 6. The fraction of sp³-hybridized carbons (Fsp3) is 0.462. The Balaban J connectivity index is 3.15. The molecular formula is C13H18N2O4S.